The van der Waals surface area contributed by atoms with Crippen LogP contribution in [0.3, 0.4) is 0 Å². The quantitative estimate of drug-likeness (QED) is 0.726. The molecule has 1 aliphatic rings. The summed E-state index contributed by atoms with van der Waals surface area (Å²) in [6.07, 6.45) is 0. The Morgan fingerprint density at radius 2 is 1.83 bits per heavy atom. The van der Waals surface area contributed by atoms with E-state index < -0.39 is 36.5 Å². The first kappa shape index (κ1) is 20.2. The van der Waals surface area contributed by atoms with Crippen molar-refractivity contribution in [2.75, 3.05) is 11.9 Å². The monoisotopic (exact) mass is 403 g/mol. The number of nitrogens with one attached hydrogen (secondary N) is 2. The number of imide groups is 1. The molecule has 0 unspecified atom stereocenters. The number of alkyl halides is 2. The van der Waals surface area contributed by atoms with Crippen molar-refractivity contribution in [2.24, 2.45) is 0 Å². The summed E-state index contributed by atoms with van der Waals surface area (Å²) in [6, 6.07) is 12.0. The fourth-order valence-corrected chi connectivity index (χ4v) is 3.03. The van der Waals surface area contributed by atoms with Gasteiger partial charge >= 0.3 is 12.6 Å². The van der Waals surface area contributed by atoms with Crippen LogP contribution in [-0.4, -0.2) is 35.9 Å². The lowest BCUT2D eigenvalue weighted by atomic mass is 9.91. The van der Waals surface area contributed by atoms with Gasteiger partial charge in [0.25, 0.3) is 5.91 Å². The van der Waals surface area contributed by atoms with Crippen LogP contribution in [-0.2, 0) is 15.1 Å². The van der Waals surface area contributed by atoms with Gasteiger partial charge in [-0.15, -0.1) is 0 Å². The van der Waals surface area contributed by atoms with Gasteiger partial charge < -0.3 is 15.4 Å². The van der Waals surface area contributed by atoms with Crippen LogP contribution in [0.1, 0.15) is 18.1 Å². The molecule has 2 aromatic rings. The largest absolute Gasteiger partial charge is 0.433 e. The molecule has 0 bridgehead atoms. The molecule has 0 radical (unpaired) electrons. The van der Waals surface area contributed by atoms with E-state index in [1.165, 1.54) is 24.3 Å². The molecule has 152 valence electrons. The summed E-state index contributed by atoms with van der Waals surface area (Å²) < 4.78 is 29.3. The molecule has 0 aliphatic carbocycles. The molecule has 9 heteroatoms. The van der Waals surface area contributed by atoms with Crippen LogP contribution in [0.2, 0.25) is 0 Å². The third-order valence-corrected chi connectivity index (χ3v) is 4.58. The van der Waals surface area contributed by atoms with Crippen LogP contribution in [0.15, 0.2) is 48.5 Å². The molecule has 7 nitrogen and oxygen atoms in total. The number of hydrogen-bond acceptors (Lipinski definition) is 4. The van der Waals surface area contributed by atoms with Crippen molar-refractivity contribution in [3.8, 4) is 5.75 Å². The van der Waals surface area contributed by atoms with Gasteiger partial charge in [-0.2, -0.15) is 8.78 Å². The SMILES string of the molecule is Cc1ccc([C@]2(C)NC(=O)N(CC(=O)Nc3ccccc3OC(F)F)C2=O)cc1. The van der Waals surface area contributed by atoms with E-state index in [2.05, 4.69) is 15.4 Å². The summed E-state index contributed by atoms with van der Waals surface area (Å²) in [7, 11) is 0. The van der Waals surface area contributed by atoms with E-state index in [1.54, 1.807) is 19.1 Å². The molecule has 0 spiro atoms. The summed E-state index contributed by atoms with van der Waals surface area (Å²) in [5.41, 5.74) is 0.281. The molecule has 1 aliphatic heterocycles. The Morgan fingerprint density at radius 3 is 2.48 bits per heavy atom. The normalized spacial score (nSPS) is 18.7. The predicted molar refractivity (Wildman–Crippen MR) is 100 cm³/mol. The second-order valence-electron chi connectivity index (χ2n) is 6.74. The maximum atomic E-state index is 12.9. The Morgan fingerprint density at radius 1 is 1.17 bits per heavy atom. The number of carbonyl (C=O) groups excluding carboxylic acids is 3. The van der Waals surface area contributed by atoms with E-state index in [1.807, 2.05) is 19.1 Å². The van der Waals surface area contributed by atoms with Crippen molar-refractivity contribution >= 4 is 23.5 Å². The Hall–Kier alpha value is -3.49. The van der Waals surface area contributed by atoms with Crippen LogP contribution in [0.5, 0.6) is 5.75 Å². The van der Waals surface area contributed by atoms with E-state index in [0.29, 0.717) is 5.56 Å². The third kappa shape index (κ3) is 4.18. The first-order valence-corrected chi connectivity index (χ1v) is 8.75. The van der Waals surface area contributed by atoms with Gasteiger partial charge in [-0.25, -0.2) is 4.79 Å². The first-order chi connectivity index (χ1) is 13.7. The zero-order valence-electron chi connectivity index (χ0n) is 15.7. The lowest BCUT2D eigenvalue weighted by molar-refractivity contribution is -0.133. The molecule has 1 saturated heterocycles. The predicted octanol–water partition coefficient (Wildman–Crippen LogP) is 3.00. The number of amides is 4. The average molecular weight is 403 g/mol. The third-order valence-electron chi connectivity index (χ3n) is 4.58. The molecular formula is C20H19F2N3O4. The summed E-state index contributed by atoms with van der Waals surface area (Å²) in [6.45, 7) is -0.182. The Bertz CT molecular complexity index is 949. The summed E-state index contributed by atoms with van der Waals surface area (Å²) in [5, 5.41) is 4.99. The number of halogens is 2. The number of ether oxygens (including phenoxy) is 1. The van der Waals surface area contributed by atoms with Gasteiger partial charge in [-0.05, 0) is 31.5 Å². The number of urea groups is 1. The van der Waals surface area contributed by atoms with Gasteiger partial charge in [-0.1, -0.05) is 42.0 Å². The lowest BCUT2D eigenvalue weighted by Crippen LogP contribution is -2.42. The number of anilines is 1. The van der Waals surface area contributed by atoms with Gasteiger partial charge in [0.05, 0.1) is 5.69 Å². The fourth-order valence-electron chi connectivity index (χ4n) is 3.03. The number of aryl methyl sites for hydroxylation is 1. The smallest absolute Gasteiger partial charge is 0.387 e. The average Bonchev–Trinajstić information content (AvgIpc) is 2.87. The van der Waals surface area contributed by atoms with Gasteiger partial charge in [0.1, 0.15) is 17.8 Å². The van der Waals surface area contributed by atoms with Gasteiger partial charge in [0.15, 0.2) is 0 Å². The van der Waals surface area contributed by atoms with Gasteiger partial charge in [0, 0.05) is 0 Å². The van der Waals surface area contributed by atoms with E-state index in [4.69, 9.17) is 0 Å². The van der Waals surface area contributed by atoms with Gasteiger partial charge in [-0.3, -0.25) is 14.5 Å². The molecule has 1 heterocycles. The van der Waals surface area contributed by atoms with Crippen LogP contribution >= 0.6 is 0 Å². The highest BCUT2D eigenvalue weighted by molar-refractivity contribution is 6.10. The molecule has 29 heavy (non-hydrogen) atoms. The van der Waals surface area contributed by atoms with E-state index in [9.17, 15) is 23.2 Å². The number of benzene rings is 2. The zero-order chi connectivity index (χ0) is 21.2. The minimum atomic E-state index is -3.06. The number of rotatable bonds is 6. The van der Waals surface area contributed by atoms with Crippen molar-refractivity contribution in [1.82, 2.24) is 10.2 Å². The van der Waals surface area contributed by atoms with Crippen molar-refractivity contribution in [3.05, 3.63) is 59.7 Å². The number of carbonyl (C=O) groups is 3. The van der Waals surface area contributed by atoms with Crippen molar-refractivity contribution in [2.45, 2.75) is 26.0 Å². The van der Waals surface area contributed by atoms with Crippen LogP contribution in [0.4, 0.5) is 19.3 Å². The van der Waals surface area contributed by atoms with Crippen molar-refractivity contribution < 1.29 is 27.9 Å². The summed E-state index contributed by atoms with van der Waals surface area (Å²) >= 11 is 0. The fraction of sp³-hybridized carbons (Fsp3) is 0.250. The molecule has 2 N–H and O–H groups in total. The zero-order valence-corrected chi connectivity index (χ0v) is 15.7. The molecule has 4 amide bonds. The topological polar surface area (TPSA) is 87.7 Å². The summed E-state index contributed by atoms with van der Waals surface area (Å²) in [5.74, 6) is -1.54. The van der Waals surface area contributed by atoms with Crippen molar-refractivity contribution in [3.63, 3.8) is 0 Å². The second-order valence-corrected chi connectivity index (χ2v) is 6.74. The van der Waals surface area contributed by atoms with Crippen LogP contribution in [0.25, 0.3) is 0 Å². The standard InChI is InChI=1S/C20H19F2N3O4/c1-12-7-9-13(10-8-12)20(2)17(27)25(19(28)24-20)11-16(26)23-14-5-3-4-6-15(14)29-18(21)22/h3-10,18H,11H2,1-2H3,(H,23,26)(H,24,28)/t20-/m0/s1. The molecule has 0 aromatic heterocycles. The Kier molecular flexibility index (Phi) is 5.49. The number of para-hydroxylation sites is 2. The molecule has 1 atom stereocenters. The molecule has 1 fully saturated rings. The highest BCUT2D eigenvalue weighted by Gasteiger charge is 2.49. The number of hydrogen-bond donors (Lipinski definition) is 2. The Balaban J connectivity index is 1.74. The minimum Gasteiger partial charge on any atom is -0.433 e. The maximum Gasteiger partial charge on any atom is 0.387 e. The highest BCUT2D eigenvalue weighted by Crippen LogP contribution is 2.29. The van der Waals surface area contributed by atoms with E-state index in [0.717, 1.165) is 10.5 Å². The highest BCUT2D eigenvalue weighted by atomic mass is 19.3. The molecule has 2 aromatic carbocycles. The van der Waals surface area contributed by atoms with Crippen LogP contribution < -0.4 is 15.4 Å². The summed E-state index contributed by atoms with van der Waals surface area (Å²) in [4.78, 5) is 38.3. The number of nitrogens with zero attached hydrogens (tertiary/aromatic N) is 1. The maximum absolute atomic E-state index is 12.9. The second kappa shape index (κ2) is 7.86. The molecule has 0 saturated carbocycles. The first-order valence-electron chi connectivity index (χ1n) is 8.75. The van der Waals surface area contributed by atoms with Gasteiger partial charge in [0.2, 0.25) is 5.91 Å². The lowest BCUT2D eigenvalue weighted by Gasteiger charge is -2.22. The molecular weight excluding hydrogens is 384 g/mol. The Labute approximate surface area is 165 Å². The van der Waals surface area contributed by atoms with Crippen molar-refractivity contribution in [1.29, 1.82) is 0 Å². The van der Waals surface area contributed by atoms with E-state index >= 15 is 0 Å². The van der Waals surface area contributed by atoms with Crippen LogP contribution in [0, 0.1) is 6.92 Å². The van der Waals surface area contributed by atoms with E-state index in [-0.39, 0.29) is 11.4 Å². The minimum absolute atomic E-state index is 0.00569. The molecule has 3 rings (SSSR count).